The fourth-order valence-corrected chi connectivity index (χ4v) is 1.72. The second-order valence-corrected chi connectivity index (χ2v) is 4.23. The van der Waals surface area contributed by atoms with E-state index in [9.17, 15) is 9.18 Å². The van der Waals surface area contributed by atoms with Crippen LogP contribution in [0.25, 0.3) is 10.4 Å². The van der Waals surface area contributed by atoms with Crippen LogP contribution in [0, 0.1) is 0 Å². The second-order valence-electron chi connectivity index (χ2n) is 3.79. The minimum absolute atomic E-state index is 0.285. The van der Waals surface area contributed by atoms with Crippen molar-refractivity contribution in [3.8, 4) is 5.75 Å². The number of carboxylic acids is 1. The van der Waals surface area contributed by atoms with Crippen LogP contribution in [0.15, 0.2) is 23.3 Å². The highest BCUT2D eigenvalue weighted by atomic mass is 35.5. The summed E-state index contributed by atoms with van der Waals surface area (Å²) in [5.74, 6) is -1.39. The number of halogens is 2. The predicted molar refractivity (Wildman–Crippen MR) is 67.2 cm³/mol. The molecule has 0 saturated heterocycles. The van der Waals surface area contributed by atoms with Crippen molar-refractivity contribution in [2.75, 3.05) is 13.7 Å². The molecule has 1 unspecified atom stereocenters. The molecule has 0 saturated carbocycles. The summed E-state index contributed by atoms with van der Waals surface area (Å²) in [6.45, 7) is -0.811. The largest absolute Gasteiger partial charge is 0.496 e. The first-order valence-corrected chi connectivity index (χ1v) is 5.56. The van der Waals surface area contributed by atoms with E-state index in [1.54, 1.807) is 0 Å². The maximum Gasteiger partial charge on any atom is 0.341 e. The number of ether oxygens (including phenoxy) is 1. The lowest BCUT2D eigenvalue weighted by Gasteiger charge is -2.19. The van der Waals surface area contributed by atoms with Gasteiger partial charge in [-0.1, -0.05) is 16.7 Å². The number of hydrogen-bond acceptors (Lipinski definition) is 3. The molecule has 8 heteroatoms. The summed E-state index contributed by atoms with van der Waals surface area (Å²) >= 11 is 5.78. The average molecular weight is 288 g/mol. The first kappa shape index (κ1) is 15.1. The Hall–Kier alpha value is -1.98. The van der Waals surface area contributed by atoms with Gasteiger partial charge in [0, 0.05) is 16.4 Å². The van der Waals surface area contributed by atoms with Gasteiger partial charge in [0.15, 0.2) is 0 Å². The Morgan fingerprint density at radius 1 is 1.68 bits per heavy atom. The minimum atomic E-state index is -2.70. The molecule has 102 valence electrons. The number of benzene rings is 1. The lowest BCUT2D eigenvalue weighted by atomic mass is 9.96. The first-order valence-electron chi connectivity index (χ1n) is 5.18. The number of alkyl halides is 1. The fraction of sp³-hybridized carbons (Fsp3) is 0.364. The molecule has 1 rings (SSSR count). The van der Waals surface area contributed by atoms with Gasteiger partial charge in [-0.05, 0) is 29.3 Å². The smallest absolute Gasteiger partial charge is 0.341 e. The molecule has 1 N–H and O–H groups in total. The van der Waals surface area contributed by atoms with Crippen LogP contribution in [-0.4, -0.2) is 30.4 Å². The molecule has 0 aliphatic heterocycles. The van der Waals surface area contributed by atoms with Crippen LogP contribution in [-0.2, 0) is 11.2 Å². The van der Waals surface area contributed by atoms with E-state index in [0.717, 1.165) is 0 Å². The summed E-state index contributed by atoms with van der Waals surface area (Å²) in [6.07, 6.45) is -0.509. The lowest BCUT2D eigenvalue weighted by molar-refractivity contribution is -0.150. The molecular formula is C11H11ClFN3O3. The Bertz CT molecular complexity index is 534. The number of carbonyl (C=O) groups is 1. The Kier molecular flexibility index (Phi) is 4.97. The van der Waals surface area contributed by atoms with E-state index in [-0.39, 0.29) is 5.56 Å². The molecular weight excluding hydrogens is 277 g/mol. The Morgan fingerprint density at radius 2 is 2.37 bits per heavy atom. The van der Waals surface area contributed by atoms with Gasteiger partial charge in [-0.2, -0.15) is 0 Å². The van der Waals surface area contributed by atoms with Crippen molar-refractivity contribution < 1.29 is 19.0 Å². The van der Waals surface area contributed by atoms with Crippen LogP contribution >= 0.6 is 11.6 Å². The molecule has 1 atom stereocenters. The number of carboxylic acid groups (broad SMARTS) is 1. The summed E-state index contributed by atoms with van der Waals surface area (Å²) in [6, 6.07) is 4.46. The molecule has 0 heterocycles. The van der Waals surface area contributed by atoms with Crippen molar-refractivity contribution >= 4 is 17.6 Å². The Morgan fingerprint density at radius 3 is 2.89 bits per heavy atom. The van der Waals surface area contributed by atoms with Crippen LogP contribution in [0.4, 0.5) is 4.39 Å². The molecule has 0 bridgehead atoms. The van der Waals surface area contributed by atoms with Crippen molar-refractivity contribution in [2.45, 2.75) is 12.1 Å². The molecule has 1 aromatic carbocycles. The van der Waals surface area contributed by atoms with E-state index in [4.69, 9.17) is 27.0 Å². The number of hydrogen-bond donors (Lipinski definition) is 1. The normalized spacial score (nSPS) is 13.2. The van der Waals surface area contributed by atoms with Gasteiger partial charge in [-0.25, -0.2) is 9.18 Å². The Balaban J connectivity index is 3.12. The SMILES string of the molecule is COc1ccc(Cl)cc1CC(F)(CN=[N+]=[N-])C(=O)O. The van der Waals surface area contributed by atoms with Crippen LogP contribution in [0.1, 0.15) is 5.56 Å². The predicted octanol–water partition coefficient (Wildman–Crippen LogP) is 2.99. The number of rotatable bonds is 6. The molecule has 0 amide bonds. The number of nitrogens with zero attached hydrogens (tertiary/aromatic N) is 3. The standard InChI is InChI=1S/C11H11ClFN3O3/c1-19-9-3-2-8(12)4-7(9)5-11(13,10(17)18)6-15-16-14/h2-4H,5-6H2,1H3,(H,17,18). The fourth-order valence-electron chi connectivity index (χ4n) is 1.53. The van der Waals surface area contributed by atoms with E-state index in [1.165, 1.54) is 25.3 Å². The first-order chi connectivity index (χ1) is 8.92. The van der Waals surface area contributed by atoms with E-state index in [2.05, 4.69) is 10.0 Å². The molecule has 0 aliphatic rings. The molecule has 0 aliphatic carbocycles. The van der Waals surface area contributed by atoms with Gasteiger partial charge in [-0.15, -0.1) is 0 Å². The number of aliphatic carboxylic acids is 1. The average Bonchev–Trinajstić information content (AvgIpc) is 2.36. The summed E-state index contributed by atoms with van der Waals surface area (Å²) < 4.78 is 19.3. The highest BCUT2D eigenvalue weighted by Crippen LogP contribution is 2.28. The van der Waals surface area contributed by atoms with Gasteiger partial charge in [0.2, 0.25) is 5.67 Å². The summed E-state index contributed by atoms with van der Waals surface area (Å²) in [5, 5.41) is 12.2. The van der Waals surface area contributed by atoms with Gasteiger partial charge in [0.05, 0.1) is 13.7 Å². The van der Waals surface area contributed by atoms with Gasteiger partial charge in [0.1, 0.15) is 5.75 Å². The van der Waals surface area contributed by atoms with E-state index in [1.807, 2.05) is 0 Å². The topological polar surface area (TPSA) is 95.3 Å². The second kappa shape index (κ2) is 6.26. The molecule has 0 fully saturated rings. The van der Waals surface area contributed by atoms with Crippen molar-refractivity contribution in [3.05, 3.63) is 39.2 Å². The van der Waals surface area contributed by atoms with Crippen LogP contribution in [0.5, 0.6) is 5.75 Å². The molecule has 0 aromatic heterocycles. The van der Waals surface area contributed by atoms with Crippen LogP contribution < -0.4 is 4.74 Å². The van der Waals surface area contributed by atoms with Gasteiger partial charge in [-0.3, -0.25) is 0 Å². The molecule has 0 radical (unpaired) electrons. The monoisotopic (exact) mass is 287 g/mol. The van der Waals surface area contributed by atoms with Crippen molar-refractivity contribution in [2.24, 2.45) is 5.11 Å². The van der Waals surface area contributed by atoms with Crippen LogP contribution in [0.3, 0.4) is 0 Å². The van der Waals surface area contributed by atoms with Crippen molar-refractivity contribution in [1.82, 2.24) is 0 Å². The molecule has 6 nitrogen and oxygen atoms in total. The minimum Gasteiger partial charge on any atom is -0.496 e. The summed E-state index contributed by atoms with van der Waals surface area (Å²) in [5.41, 5.74) is 5.76. The van der Waals surface area contributed by atoms with Gasteiger partial charge in [0.25, 0.3) is 0 Å². The van der Waals surface area contributed by atoms with Crippen molar-refractivity contribution in [1.29, 1.82) is 0 Å². The third-order valence-electron chi connectivity index (χ3n) is 2.48. The third kappa shape index (κ3) is 3.74. The highest BCUT2D eigenvalue weighted by molar-refractivity contribution is 6.30. The van der Waals surface area contributed by atoms with Gasteiger partial charge < -0.3 is 9.84 Å². The molecule has 1 aromatic rings. The maximum absolute atomic E-state index is 14.3. The van der Waals surface area contributed by atoms with Crippen LogP contribution in [0.2, 0.25) is 5.02 Å². The lowest BCUT2D eigenvalue weighted by Crippen LogP contribution is -2.39. The quantitative estimate of drug-likeness (QED) is 0.495. The highest BCUT2D eigenvalue weighted by Gasteiger charge is 2.39. The Labute approximate surface area is 113 Å². The molecule has 0 spiro atoms. The zero-order valence-electron chi connectivity index (χ0n) is 10.0. The zero-order chi connectivity index (χ0) is 14.5. The van der Waals surface area contributed by atoms with Gasteiger partial charge >= 0.3 is 5.97 Å². The number of methoxy groups -OCH3 is 1. The third-order valence-corrected chi connectivity index (χ3v) is 2.72. The zero-order valence-corrected chi connectivity index (χ0v) is 10.8. The van der Waals surface area contributed by atoms with Crippen molar-refractivity contribution in [3.63, 3.8) is 0 Å². The number of azide groups is 1. The van der Waals surface area contributed by atoms with E-state index < -0.39 is 24.6 Å². The maximum atomic E-state index is 14.3. The summed E-state index contributed by atoms with van der Waals surface area (Å²) in [4.78, 5) is 13.4. The summed E-state index contributed by atoms with van der Waals surface area (Å²) in [7, 11) is 1.38. The molecule has 19 heavy (non-hydrogen) atoms. The van der Waals surface area contributed by atoms with E-state index in [0.29, 0.717) is 10.8 Å². The van der Waals surface area contributed by atoms with E-state index >= 15 is 0 Å².